The second-order valence-electron chi connectivity index (χ2n) is 5.90. The van der Waals surface area contributed by atoms with Gasteiger partial charge in [-0.1, -0.05) is 0 Å². The van der Waals surface area contributed by atoms with Crippen LogP contribution in [0, 0.1) is 0 Å². The van der Waals surface area contributed by atoms with Gasteiger partial charge in [-0.05, 0) is 20.3 Å². The molecule has 1 N–H and O–H groups in total. The fourth-order valence-corrected chi connectivity index (χ4v) is 3.08. The largest absolute Gasteiger partial charge is 0.380 e. The highest BCUT2D eigenvalue weighted by molar-refractivity contribution is 5.06. The summed E-state index contributed by atoms with van der Waals surface area (Å²) in [6.07, 6.45) is 8.79. The fraction of sp³-hybridized carbons (Fsp3) is 0.600. The van der Waals surface area contributed by atoms with Gasteiger partial charge in [-0.15, -0.1) is 0 Å². The van der Waals surface area contributed by atoms with Crippen molar-refractivity contribution in [2.45, 2.75) is 45.0 Å². The molecule has 3 heterocycles. The number of ether oxygens (including phenoxy) is 1. The average molecular weight is 289 g/mol. The third-order valence-electron chi connectivity index (χ3n) is 4.20. The van der Waals surface area contributed by atoms with Gasteiger partial charge in [0.1, 0.15) is 5.82 Å². The predicted octanol–water partition coefficient (Wildman–Crippen LogP) is 2.15. The average Bonchev–Trinajstić information content (AvgIpc) is 3.18. The van der Waals surface area contributed by atoms with Crippen molar-refractivity contribution in [2.75, 3.05) is 13.7 Å². The number of likely N-dealkylation sites (tertiary alicyclic amines) is 1. The molecular weight excluding hydrogens is 266 g/mol. The Morgan fingerprint density at radius 2 is 2.33 bits per heavy atom. The van der Waals surface area contributed by atoms with E-state index in [0.29, 0.717) is 6.04 Å². The summed E-state index contributed by atoms with van der Waals surface area (Å²) in [5.41, 5.74) is 1.23. The van der Waals surface area contributed by atoms with E-state index in [1.54, 1.807) is 7.11 Å². The highest BCUT2D eigenvalue weighted by Crippen LogP contribution is 2.32. The van der Waals surface area contributed by atoms with Crippen LogP contribution in [0.15, 0.2) is 24.9 Å². The van der Waals surface area contributed by atoms with E-state index in [0.717, 1.165) is 25.3 Å². The van der Waals surface area contributed by atoms with Crippen molar-refractivity contribution >= 4 is 0 Å². The predicted molar refractivity (Wildman–Crippen MR) is 79.8 cm³/mol. The molecule has 1 fully saturated rings. The van der Waals surface area contributed by atoms with Gasteiger partial charge in [0.05, 0.1) is 24.2 Å². The topological polar surface area (TPSA) is 59.0 Å². The second-order valence-corrected chi connectivity index (χ2v) is 5.90. The molecule has 0 amide bonds. The Kier molecular flexibility index (Phi) is 4.07. The molecule has 6 heteroatoms. The van der Waals surface area contributed by atoms with E-state index in [1.807, 2.05) is 24.9 Å². The SMILES string of the molecule is CO[C@@H]1CC(c2ncc[nH]2)N(Cc2cncn2C(C)C)C1. The van der Waals surface area contributed by atoms with Crippen molar-refractivity contribution in [3.05, 3.63) is 36.4 Å². The van der Waals surface area contributed by atoms with E-state index < -0.39 is 0 Å². The maximum absolute atomic E-state index is 5.56. The van der Waals surface area contributed by atoms with Crippen LogP contribution in [-0.2, 0) is 11.3 Å². The van der Waals surface area contributed by atoms with Crippen LogP contribution in [0.2, 0.25) is 0 Å². The Morgan fingerprint density at radius 3 is 3.00 bits per heavy atom. The number of H-pyrrole nitrogens is 1. The lowest BCUT2D eigenvalue weighted by Gasteiger charge is -2.23. The van der Waals surface area contributed by atoms with Crippen LogP contribution in [-0.4, -0.2) is 44.2 Å². The van der Waals surface area contributed by atoms with Crippen LogP contribution in [0.1, 0.15) is 43.9 Å². The molecule has 0 saturated carbocycles. The minimum atomic E-state index is 0.260. The summed E-state index contributed by atoms with van der Waals surface area (Å²) in [6, 6.07) is 0.700. The van der Waals surface area contributed by atoms with Crippen LogP contribution in [0.3, 0.4) is 0 Å². The van der Waals surface area contributed by atoms with Gasteiger partial charge in [-0.3, -0.25) is 4.90 Å². The summed E-state index contributed by atoms with van der Waals surface area (Å²) >= 11 is 0. The smallest absolute Gasteiger partial charge is 0.123 e. The summed E-state index contributed by atoms with van der Waals surface area (Å²) in [5, 5.41) is 0. The highest BCUT2D eigenvalue weighted by Gasteiger charge is 2.35. The number of imidazole rings is 2. The summed E-state index contributed by atoms with van der Waals surface area (Å²) < 4.78 is 7.78. The highest BCUT2D eigenvalue weighted by atomic mass is 16.5. The molecule has 1 unspecified atom stereocenters. The molecule has 0 aliphatic carbocycles. The lowest BCUT2D eigenvalue weighted by atomic mass is 10.2. The van der Waals surface area contributed by atoms with E-state index in [4.69, 9.17) is 4.74 Å². The normalized spacial score (nSPS) is 23.2. The van der Waals surface area contributed by atoms with E-state index in [-0.39, 0.29) is 12.1 Å². The molecule has 2 atom stereocenters. The van der Waals surface area contributed by atoms with Gasteiger partial charge in [0, 0.05) is 44.8 Å². The van der Waals surface area contributed by atoms with E-state index >= 15 is 0 Å². The van der Waals surface area contributed by atoms with Crippen molar-refractivity contribution in [1.29, 1.82) is 0 Å². The lowest BCUT2D eigenvalue weighted by molar-refractivity contribution is 0.107. The van der Waals surface area contributed by atoms with Gasteiger partial charge in [0.2, 0.25) is 0 Å². The Balaban J connectivity index is 1.80. The third kappa shape index (κ3) is 2.87. The van der Waals surface area contributed by atoms with Crippen LogP contribution < -0.4 is 0 Å². The fourth-order valence-electron chi connectivity index (χ4n) is 3.08. The maximum Gasteiger partial charge on any atom is 0.123 e. The van der Waals surface area contributed by atoms with Crippen molar-refractivity contribution in [1.82, 2.24) is 24.4 Å². The molecular formula is C15H23N5O. The first-order valence-electron chi connectivity index (χ1n) is 7.46. The van der Waals surface area contributed by atoms with Gasteiger partial charge in [-0.25, -0.2) is 9.97 Å². The number of nitrogens with zero attached hydrogens (tertiary/aromatic N) is 4. The number of hydrogen-bond acceptors (Lipinski definition) is 4. The Morgan fingerprint density at radius 1 is 1.48 bits per heavy atom. The molecule has 0 radical (unpaired) electrons. The first-order valence-corrected chi connectivity index (χ1v) is 7.46. The zero-order valence-corrected chi connectivity index (χ0v) is 12.9. The van der Waals surface area contributed by atoms with Crippen LogP contribution in [0.25, 0.3) is 0 Å². The minimum Gasteiger partial charge on any atom is -0.380 e. The van der Waals surface area contributed by atoms with E-state index in [9.17, 15) is 0 Å². The Bertz CT molecular complexity index is 562. The van der Waals surface area contributed by atoms with Crippen molar-refractivity contribution in [3.63, 3.8) is 0 Å². The molecule has 0 aromatic carbocycles. The summed E-state index contributed by atoms with van der Waals surface area (Å²) in [6.45, 7) is 6.14. The summed E-state index contributed by atoms with van der Waals surface area (Å²) in [4.78, 5) is 14.4. The number of hydrogen-bond donors (Lipinski definition) is 1. The van der Waals surface area contributed by atoms with Crippen LogP contribution in [0.4, 0.5) is 0 Å². The first kappa shape index (κ1) is 14.3. The number of aromatic amines is 1. The maximum atomic E-state index is 5.56. The van der Waals surface area contributed by atoms with Crippen molar-refractivity contribution < 1.29 is 4.74 Å². The molecule has 1 aliphatic rings. The molecule has 1 saturated heterocycles. The molecule has 2 aromatic rings. The van der Waals surface area contributed by atoms with E-state index in [2.05, 4.69) is 38.3 Å². The van der Waals surface area contributed by atoms with Crippen molar-refractivity contribution in [2.24, 2.45) is 0 Å². The quantitative estimate of drug-likeness (QED) is 0.916. The van der Waals surface area contributed by atoms with Gasteiger partial charge in [0.25, 0.3) is 0 Å². The molecule has 0 spiro atoms. The standard InChI is InChI=1S/C15H23N5O/c1-11(2)20-10-16-7-12(20)8-19-9-13(21-3)6-14(19)15-17-4-5-18-15/h4-5,7,10-11,13-14H,6,8-9H2,1-3H3,(H,17,18)/t13-,14?/m1/s1. The number of nitrogens with one attached hydrogen (secondary N) is 1. The second kappa shape index (κ2) is 5.99. The van der Waals surface area contributed by atoms with Crippen LogP contribution >= 0.6 is 0 Å². The number of aromatic nitrogens is 4. The van der Waals surface area contributed by atoms with Gasteiger partial charge in [-0.2, -0.15) is 0 Å². The van der Waals surface area contributed by atoms with Gasteiger partial charge in [0.15, 0.2) is 0 Å². The number of methoxy groups -OCH3 is 1. The monoisotopic (exact) mass is 289 g/mol. The van der Waals surface area contributed by atoms with E-state index in [1.165, 1.54) is 5.69 Å². The molecule has 21 heavy (non-hydrogen) atoms. The molecule has 2 aromatic heterocycles. The van der Waals surface area contributed by atoms with Gasteiger partial charge < -0.3 is 14.3 Å². The van der Waals surface area contributed by atoms with Gasteiger partial charge >= 0.3 is 0 Å². The summed E-state index contributed by atoms with van der Waals surface area (Å²) in [7, 11) is 1.78. The molecule has 0 bridgehead atoms. The Labute approximate surface area is 125 Å². The zero-order valence-electron chi connectivity index (χ0n) is 12.9. The first-order chi connectivity index (χ1) is 10.2. The number of rotatable bonds is 5. The molecule has 114 valence electrons. The molecule has 1 aliphatic heterocycles. The van der Waals surface area contributed by atoms with Crippen LogP contribution in [0.5, 0.6) is 0 Å². The third-order valence-corrected chi connectivity index (χ3v) is 4.20. The molecule has 6 nitrogen and oxygen atoms in total. The lowest BCUT2D eigenvalue weighted by Crippen LogP contribution is -2.26. The minimum absolute atomic E-state index is 0.260. The van der Waals surface area contributed by atoms with Crippen molar-refractivity contribution in [3.8, 4) is 0 Å². The molecule has 3 rings (SSSR count). The summed E-state index contributed by atoms with van der Waals surface area (Å²) in [5.74, 6) is 1.02. The zero-order chi connectivity index (χ0) is 14.8. The Hall–Kier alpha value is -1.66.